The van der Waals surface area contributed by atoms with E-state index >= 15 is 0 Å². The first-order chi connectivity index (χ1) is 13.7. The Morgan fingerprint density at radius 2 is 1.69 bits per heavy atom. The third-order valence-corrected chi connectivity index (χ3v) is 4.67. The fourth-order valence-corrected chi connectivity index (χ4v) is 2.96. The van der Waals surface area contributed by atoms with Gasteiger partial charge < -0.3 is 14.0 Å². The first-order valence-electron chi connectivity index (χ1n) is 10.3. The fraction of sp³-hybridized carbons (Fsp3) is 0.522. The van der Waals surface area contributed by atoms with Crippen LogP contribution in [0.15, 0.2) is 33.9 Å². The molecule has 0 atom stereocenters. The van der Waals surface area contributed by atoms with Crippen LogP contribution < -0.4 is 15.6 Å². The van der Waals surface area contributed by atoms with Crippen molar-refractivity contribution in [1.82, 2.24) is 4.57 Å². The predicted octanol–water partition coefficient (Wildman–Crippen LogP) is 4.01. The van der Waals surface area contributed by atoms with Crippen LogP contribution in [0, 0.1) is 11.8 Å². The van der Waals surface area contributed by atoms with Gasteiger partial charge in [-0.25, -0.2) is 4.79 Å². The summed E-state index contributed by atoms with van der Waals surface area (Å²) in [5.41, 5.74) is 0.0912. The molecule has 0 unspecified atom stereocenters. The van der Waals surface area contributed by atoms with E-state index in [1.54, 1.807) is 17.6 Å². The molecule has 0 fully saturated rings. The first-order valence-corrected chi connectivity index (χ1v) is 10.3. The van der Waals surface area contributed by atoms with Crippen LogP contribution in [-0.2, 0) is 11.3 Å². The maximum Gasteiger partial charge on any atom is 0.355 e. The van der Waals surface area contributed by atoms with Gasteiger partial charge in [0.15, 0.2) is 11.2 Å². The Morgan fingerprint density at radius 3 is 2.31 bits per heavy atom. The molecular formula is C23H31NO5. The van der Waals surface area contributed by atoms with Gasteiger partial charge in [0.05, 0.1) is 18.7 Å². The summed E-state index contributed by atoms with van der Waals surface area (Å²) in [6.07, 6.45) is 1.62. The molecule has 0 saturated carbocycles. The standard InChI is InChI=1S/C23H31NO5/c1-6-28-23(27)19-14-21(26)17-13-22(29-12-10-16(4)5)20(25)8-7-18(17)24(19)11-9-15(2)3/h7-8,13-16H,6,9-12H2,1-5H3. The van der Waals surface area contributed by atoms with Crippen molar-refractivity contribution in [2.45, 2.75) is 54.0 Å². The number of carbonyl (C=O) groups excluding carboxylic acids is 1. The molecule has 0 N–H and O–H groups in total. The van der Waals surface area contributed by atoms with Crippen molar-refractivity contribution < 1.29 is 14.3 Å². The Balaban J connectivity index is 2.66. The fourth-order valence-electron chi connectivity index (χ4n) is 2.96. The number of esters is 1. The molecule has 6 heteroatoms. The van der Waals surface area contributed by atoms with E-state index in [2.05, 4.69) is 27.7 Å². The van der Waals surface area contributed by atoms with Crippen molar-refractivity contribution in [2.24, 2.45) is 11.8 Å². The summed E-state index contributed by atoms with van der Waals surface area (Å²) in [6.45, 7) is 11.2. The molecule has 0 aliphatic heterocycles. The largest absolute Gasteiger partial charge is 0.489 e. The summed E-state index contributed by atoms with van der Waals surface area (Å²) >= 11 is 0. The van der Waals surface area contributed by atoms with Crippen LogP contribution >= 0.6 is 0 Å². The number of fused-ring (bicyclic) bond motifs is 1. The maximum atomic E-state index is 12.8. The summed E-state index contributed by atoms with van der Waals surface area (Å²) in [4.78, 5) is 37.7. The van der Waals surface area contributed by atoms with E-state index in [1.807, 2.05) is 0 Å². The van der Waals surface area contributed by atoms with Crippen LogP contribution in [0.1, 0.15) is 57.9 Å². The van der Waals surface area contributed by atoms with E-state index in [0.29, 0.717) is 35.9 Å². The highest BCUT2D eigenvalue weighted by Gasteiger charge is 2.17. The van der Waals surface area contributed by atoms with Crippen LogP contribution in [0.2, 0.25) is 0 Å². The minimum atomic E-state index is -0.544. The second-order valence-electron chi connectivity index (χ2n) is 7.98. The summed E-state index contributed by atoms with van der Waals surface area (Å²) in [5, 5.41) is 0.350. The molecule has 0 amide bonds. The number of hydrogen-bond donors (Lipinski definition) is 0. The lowest BCUT2D eigenvalue weighted by atomic mass is 10.1. The van der Waals surface area contributed by atoms with Crippen molar-refractivity contribution in [3.8, 4) is 5.75 Å². The normalized spacial score (nSPS) is 11.3. The van der Waals surface area contributed by atoms with Crippen molar-refractivity contribution >= 4 is 16.9 Å². The van der Waals surface area contributed by atoms with Crippen LogP contribution in [0.5, 0.6) is 5.75 Å². The lowest BCUT2D eigenvalue weighted by Gasteiger charge is -2.16. The first kappa shape index (κ1) is 22.7. The lowest BCUT2D eigenvalue weighted by Crippen LogP contribution is -2.20. The minimum absolute atomic E-state index is 0.150. The number of pyridine rings is 1. The van der Waals surface area contributed by atoms with Gasteiger partial charge in [0.1, 0.15) is 5.69 Å². The third kappa shape index (κ3) is 5.92. The zero-order valence-electron chi connectivity index (χ0n) is 18.0. The number of nitrogens with zero attached hydrogens (tertiary/aromatic N) is 1. The van der Waals surface area contributed by atoms with Gasteiger partial charge in [-0.15, -0.1) is 0 Å². The van der Waals surface area contributed by atoms with Crippen LogP contribution in [0.3, 0.4) is 0 Å². The van der Waals surface area contributed by atoms with Crippen LogP contribution in [0.4, 0.5) is 0 Å². The molecule has 2 aromatic rings. The molecular weight excluding hydrogens is 370 g/mol. The van der Waals surface area contributed by atoms with Gasteiger partial charge >= 0.3 is 5.97 Å². The summed E-state index contributed by atoms with van der Waals surface area (Å²) in [7, 11) is 0. The van der Waals surface area contributed by atoms with E-state index in [0.717, 1.165) is 12.8 Å². The third-order valence-electron chi connectivity index (χ3n) is 4.67. The van der Waals surface area contributed by atoms with Gasteiger partial charge in [-0.05, 0) is 49.8 Å². The number of rotatable bonds is 9. The molecule has 158 valence electrons. The number of aryl methyl sites for hydroxylation is 1. The van der Waals surface area contributed by atoms with E-state index in [-0.39, 0.29) is 28.9 Å². The number of aromatic nitrogens is 1. The molecule has 29 heavy (non-hydrogen) atoms. The summed E-state index contributed by atoms with van der Waals surface area (Å²) in [6, 6.07) is 5.79. The minimum Gasteiger partial charge on any atom is -0.489 e. The summed E-state index contributed by atoms with van der Waals surface area (Å²) in [5.74, 6) is 0.455. The highest BCUT2D eigenvalue weighted by atomic mass is 16.5. The molecule has 0 radical (unpaired) electrons. The SMILES string of the molecule is CCOC(=O)c1cc(=O)c2cc(OCCC(C)C)c(=O)ccc2n1CCC(C)C. The highest BCUT2D eigenvalue weighted by Crippen LogP contribution is 2.18. The van der Waals surface area contributed by atoms with Crippen LogP contribution in [-0.4, -0.2) is 23.8 Å². The molecule has 0 bridgehead atoms. The average molecular weight is 402 g/mol. The van der Waals surface area contributed by atoms with Gasteiger partial charge in [-0.2, -0.15) is 0 Å². The lowest BCUT2D eigenvalue weighted by molar-refractivity contribution is 0.0513. The van der Waals surface area contributed by atoms with E-state index in [4.69, 9.17) is 9.47 Å². The molecule has 0 aliphatic rings. The second kappa shape index (κ2) is 10.2. The van der Waals surface area contributed by atoms with E-state index in [1.165, 1.54) is 18.2 Å². The Morgan fingerprint density at radius 1 is 1.00 bits per heavy atom. The second-order valence-corrected chi connectivity index (χ2v) is 7.98. The van der Waals surface area contributed by atoms with Crippen molar-refractivity contribution in [3.05, 3.63) is 50.4 Å². The van der Waals surface area contributed by atoms with Gasteiger partial charge in [-0.3, -0.25) is 9.59 Å². The molecule has 1 heterocycles. The Kier molecular flexibility index (Phi) is 8.00. The average Bonchev–Trinajstić information content (AvgIpc) is 2.81. The van der Waals surface area contributed by atoms with E-state index in [9.17, 15) is 14.4 Å². The molecule has 0 spiro atoms. The van der Waals surface area contributed by atoms with E-state index < -0.39 is 5.97 Å². The molecule has 0 saturated heterocycles. The van der Waals surface area contributed by atoms with Gasteiger partial charge in [0.25, 0.3) is 0 Å². The smallest absolute Gasteiger partial charge is 0.355 e. The van der Waals surface area contributed by atoms with Crippen molar-refractivity contribution in [3.63, 3.8) is 0 Å². The van der Waals surface area contributed by atoms with Crippen LogP contribution in [0.25, 0.3) is 10.9 Å². The van der Waals surface area contributed by atoms with Gasteiger partial charge in [0, 0.05) is 18.0 Å². The Hall–Kier alpha value is -2.63. The number of carbonyl (C=O) groups is 1. The summed E-state index contributed by atoms with van der Waals surface area (Å²) < 4.78 is 12.6. The monoisotopic (exact) mass is 401 g/mol. The molecule has 6 nitrogen and oxygen atoms in total. The van der Waals surface area contributed by atoms with Crippen molar-refractivity contribution in [1.29, 1.82) is 0 Å². The maximum absolute atomic E-state index is 12.8. The topological polar surface area (TPSA) is 74.6 Å². The van der Waals surface area contributed by atoms with Crippen molar-refractivity contribution in [2.75, 3.05) is 13.2 Å². The Labute approximate surface area is 171 Å². The number of hydrogen-bond acceptors (Lipinski definition) is 5. The van der Waals surface area contributed by atoms with Gasteiger partial charge in [-0.1, -0.05) is 27.7 Å². The predicted molar refractivity (Wildman–Crippen MR) is 115 cm³/mol. The molecule has 2 rings (SSSR count). The molecule has 0 aliphatic carbocycles. The van der Waals surface area contributed by atoms with Gasteiger partial charge in [0.2, 0.25) is 5.43 Å². The highest BCUT2D eigenvalue weighted by molar-refractivity contribution is 5.91. The number of ether oxygens (including phenoxy) is 2. The zero-order chi connectivity index (χ0) is 21.6. The molecule has 1 aromatic heterocycles. The molecule has 1 aromatic carbocycles. The zero-order valence-corrected chi connectivity index (χ0v) is 18.0. The quantitative estimate of drug-likeness (QED) is 0.594. The Bertz CT molecular complexity index is 975.